The Kier molecular flexibility index (Phi) is 8.35. The second-order valence-corrected chi connectivity index (χ2v) is 11.9. The van der Waals surface area contributed by atoms with Crippen LogP contribution < -0.4 is 14.5 Å². The predicted molar refractivity (Wildman–Crippen MR) is 179 cm³/mol. The maximum atomic E-state index is 12.1. The van der Waals surface area contributed by atoms with Gasteiger partial charge >= 0.3 is 5.97 Å². The molecule has 0 atom stereocenters. The topological polar surface area (TPSA) is 81.3 Å². The molecule has 9 heteroatoms. The van der Waals surface area contributed by atoms with E-state index in [1.54, 1.807) is 6.07 Å². The molecule has 2 aliphatic rings. The fraction of sp³-hybridized carbons (Fsp3) is 0.250. The number of aromatic amines is 1. The van der Waals surface area contributed by atoms with Crippen LogP contribution in [0.5, 0.6) is 11.5 Å². The summed E-state index contributed by atoms with van der Waals surface area (Å²) in [6, 6.07) is 27.9. The normalized spacial score (nSPS) is 15.8. The smallest absolute Gasteiger partial charge is 0.339 e. The zero-order valence-electron chi connectivity index (χ0n) is 24.9. The van der Waals surface area contributed by atoms with Gasteiger partial charge in [-0.05, 0) is 71.3 Å². The molecule has 1 aromatic heterocycles. The van der Waals surface area contributed by atoms with Crippen molar-refractivity contribution < 1.29 is 19.4 Å². The van der Waals surface area contributed by atoms with E-state index < -0.39 is 5.97 Å². The highest BCUT2D eigenvalue weighted by atomic mass is 35.5. The molecule has 2 aliphatic heterocycles. The first-order chi connectivity index (χ1) is 22.0. The average molecular weight is 623 g/mol. The second-order valence-electron chi connectivity index (χ2n) is 11.5. The third kappa shape index (κ3) is 6.35. The lowest BCUT2D eigenvalue weighted by atomic mass is 9.98. The van der Waals surface area contributed by atoms with Crippen LogP contribution in [0.25, 0.3) is 22.0 Å². The zero-order valence-corrected chi connectivity index (χ0v) is 25.7. The third-order valence-corrected chi connectivity index (χ3v) is 8.97. The Labute approximate surface area is 267 Å². The number of piperazine rings is 1. The summed E-state index contributed by atoms with van der Waals surface area (Å²) in [5, 5.41) is 11.5. The first kappa shape index (κ1) is 29.2. The number of nitrogens with zero attached hydrogens (tertiary/aromatic N) is 3. The molecule has 0 amide bonds. The van der Waals surface area contributed by atoms with Crippen LogP contribution >= 0.6 is 11.6 Å². The van der Waals surface area contributed by atoms with Gasteiger partial charge < -0.3 is 29.4 Å². The maximum Gasteiger partial charge on any atom is 0.339 e. The van der Waals surface area contributed by atoms with E-state index in [0.717, 1.165) is 86.2 Å². The van der Waals surface area contributed by atoms with E-state index in [4.69, 9.17) is 21.1 Å². The van der Waals surface area contributed by atoms with Crippen LogP contribution in [-0.4, -0.2) is 73.4 Å². The van der Waals surface area contributed by atoms with E-state index in [-0.39, 0.29) is 5.56 Å². The number of aromatic nitrogens is 1. The summed E-state index contributed by atoms with van der Waals surface area (Å²) in [4.78, 5) is 22.4. The lowest BCUT2D eigenvalue weighted by Crippen LogP contribution is -2.46. The standard InChI is InChI=1S/C36H35ClN4O4/c37-27-6-4-25(5-7-27)30-10-8-28(41-18-20-44-21-19-41)22-26(30)24-39-14-16-40(17-15-39)29-9-11-32(36(42)43)35(23-29)45-34-3-1-2-33-31(34)12-13-38-33/h1-13,22-23,38H,14-21,24H2,(H,42,43). The number of rotatable bonds is 8. The number of hydrogen-bond acceptors (Lipinski definition) is 6. The Morgan fingerprint density at radius 2 is 1.56 bits per heavy atom. The number of fused-ring (bicyclic) bond motifs is 1. The minimum atomic E-state index is -1.02. The fourth-order valence-electron chi connectivity index (χ4n) is 6.28. The van der Waals surface area contributed by atoms with Crippen LogP contribution in [0.2, 0.25) is 5.02 Å². The highest BCUT2D eigenvalue weighted by Crippen LogP contribution is 2.35. The van der Waals surface area contributed by atoms with Crippen LogP contribution in [0.15, 0.2) is 91.1 Å². The van der Waals surface area contributed by atoms with Crippen molar-refractivity contribution in [1.29, 1.82) is 0 Å². The summed E-state index contributed by atoms with van der Waals surface area (Å²) < 4.78 is 11.8. The number of ether oxygens (including phenoxy) is 2. The van der Waals surface area contributed by atoms with Gasteiger partial charge in [0.05, 0.1) is 13.2 Å². The Balaban J connectivity index is 1.09. The molecule has 2 N–H and O–H groups in total. The summed E-state index contributed by atoms with van der Waals surface area (Å²) >= 11 is 6.21. The van der Waals surface area contributed by atoms with Gasteiger partial charge in [0.25, 0.3) is 0 Å². The number of carboxylic acids is 1. The Morgan fingerprint density at radius 3 is 2.33 bits per heavy atom. The number of benzene rings is 4. The van der Waals surface area contributed by atoms with Gasteiger partial charge in [0, 0.05) is 85.4 Å². The quantitative estimate of drug-likeness (QED) is 0.190. The van der Waals surface area contributed by atoms with Gasteiger partial charge in [-0.15, -0.1) is 0 Å². The predicted octanol–water partition coefficient (Wildman–Crippen LogP) is 7.14. The number of morpholine rings is 1. The number of halogens is 1. The minimum Gasteiger partial charge on any atom is -0.478 e. The number of carbonyl (C=O) groups is 1. The van der Waals surface area contributed by atoms with Crippen molar-refractivity contribution in [3.63, 3.8) is 0 Å². The second kappa shape index (κ2) is 12.9. The summed E-state index contributed by atoms with van der Waals surface area (Å²) in [5.74, 6) is -0.0592. The number of H-pyrrole nitrogens is 1. The molecule has 5 aromatic rings. The van der Waals surface area contributed by atoms with Crippen LogP contribution in [0.3, 0.4) is 0 Å². The van der Waals surface area contributed by atoms with Gasteiger partial charge in [-0.3, -0.25) is 4.90 Å². The number of nitrogens with one attached hydrogen (secondary N) is 1. The molecule has 2 saturated heterocycles. The lowest BCUT2D eigenvalue weighted by molar-refractivity contribution is 0.0694. The van der Waals surface area contributed by atoms with Crippen molar-refractivity contribution in [2.45, 2.75) is 6.54 Å². The first-order valence-corrected chi connectivity index (χ1v) is 15.7. The molecule has 230 valence electrons. The van der Waals surface area contributed by atoms with Gasteiger partial charge in [0.15, 0.2) is 0 Å². The minimum absolute atomic E-state index is 0.139. The van der Waals surface area contributed by atoms with Crippen molar-refractivity contribution in [2.75, 3.05) is 62.3 Å². The average Bonchev–Trinajstić information content (AvgIpc) is 3.56. The summed E-state index contributed by atoms with van der Waals surface area (Å²) in [7, 11) is 0. The number of anilines is 2. The zero-order chi connectivity index (χ0) is 30.8. The van der Waals surface area contributed by atoms with Crippen LogP contribution in [0.4, 0.5) is 11.4 Å². The summed E-state index contributed by atoms with van der Waals surface area (Å²) in [5.41, 5.74) is 6.91. The van der Waals surface area contributed by atoms with E-state index in [1.807, 2.05) is 54.7 Å². The number of aromatic carboxylic acids is 1. The molecule has 4 aromatic carbocycles. The van der Waals surface area contributed by atoms with E-state index in [0.29, 0.717) is 11.5 Å². The number of carboxylic acid groups (broad SMARTS) is 1. The van der Waals surface area contributed by atoms with E-state index in [2.05, 4.69) is 50.0 Å². The van der Waals surface area contributed by atoms with E-state index in [1.165, 1.54) is 16.8 Å². The van der Waals surface area contributed by atoms with Crippen molar-refractivity contribution in [1.82, 2.24) is 9.88 Å². The van der Waals surface area contributed by atoms with Crippen molar-refractivity contribution in [3.8, 4) is 22.6 Å². The summed E-state index contributed by atoms with van der Waals surface area (Å²) in [6.07, 6.45) is 1.85. The molecule has 0 saturated carbocycles. The molecule has 0 radical (unpaired) electrons. The first-order valence-electron chi connectivity index (χ1n) is 15.3. The molecule has 2 fully saturated rings. The molecule has 0 bridgehead atoms. The molecule has 0 unspecified atom stereocenters. The van der Waals surface area contributed by atoms with Crippen LogP contribution in [0.1, 0.15) is 15.9 Å². The van der Waals surface area contributed by atoms with Crippen molar-refractivity contribution in [3.05, 3.63) is 107 Å². The Hall–Kier alpha value is -4.50. The van der Waals surface area contributed by atoms with Crippen LogP contribution in [-0.2, 0) is 11.3 Å². The van der Waals surface area contributed by atoms with E-state index in [9.17, 15) is 9.90 Å². The fourth-order valence-corrected chi connectivity index (χ4v) is 6.40. The maximum absolute atomic E-state index is 12.1. The third-order valence-electron chi connectivity index (χ3n) is 8.72. The Morgan fingerprint density at radius 1 is 0.822 bits per heavy atom. The highest BCUT2D eigenvalue weighted by Gasteiger charge is 2.22. The van der Waals surface area contributed by atoms with Gasteiger partial charge in [-0.1, -0.05) is 35.9 Å². The van der Waals surface area contributed by atoms with Crippen molar-refractivity contribution in [2.24, 2.45) is 0 Å². The molecule has 0 spiro atoms. The SMILES string of the molecule is O=C(O)c1ccc(N2CCN(Cc3cc(N4CCOCC4)ccc3-c3ccc(Cl)cc3)CC2)cc1Oc1cccc2[nH]ccc12. The molecular formula is C36H35ClN4O4. The van der Waals surface area contributed by atoms with Crippen molar-refractivity contribution >= 4 is 39.8 Å². The largest absolute Gasteiger partial charge is 0.478 e. The van der Waals surface area contributed by atoms with Gasteiger partial charge in [0.1, 0.15) is 17.1 Å². The molecule has 8 nitrogen and oxygen atoms in total. The monoisotopic (exact) mass is 622 g/mol. The van der Waals surface area contributed by atoms with Crippen LogP contribution in [0, 0.1) is 0 Å². The number of hydrogen-bond donors (Lipinski definition) is 2. The van der Waals surface area contributed by atoms with Gasteiger partial charge in [0.2, 0.25) is 0 Å². The lowest BCUT2D eigenvalue weighted by Gasteiger charge is -2.37. The highest BCUT2D eigenvalue weighted by molar-refractivity contribution is 6.30. The molecule has 0 aliphatic carbocycles. The molecular weight excluding hydrogens is 588 g/mol. The van der Waals surface area contributed by atoms with Gasteiger partial charge in [-0.25, -0.2) is 4.79 Å². The summed E-state index contributed by atoms with van der Waals surface area (Å²) in [6.45, 7) is 7.50. The Bertz CT molecular complexity index is 1810. The molecule has 7 rings (SSSR count). The van der Waals surface area contributed by atoms with Gasteiger partial charge in [-0.2, -0.15) is 0 Å². The molecule has 3 heterocycles. The van der Waals surface area contributed by atoms with E-state index >= 15 is 0 Å². The molecule has 45 heavy (non-hydrogen) atoms.